The molecule has 0 spiro atoms. The summed E-state index contributed by atoms with van der Waals surface area (Å²) in [7, 11) is 0. The number of benzene rings is 2. The lowest BCUT2D eigenvalue weighted by atomic mass is 10.2. The van der Waals surface area contributed by atoms with E-state index in [9.17, 15) is 9.18 Å². The quantitative estimate of drug-likeness (QED) is 0.683. The first-order valence-electron chi connectivity index (χ1n) is 8.95. The Balaban J connectivity index is 1.45. The van der Waals surface area contributed by atoms with Crippen molar-refractivity contribution in [3.63, 3.8) is 0 Å². The molecule has 1 saturated carbocycles. The van der Waals surface area contributed by atoms with E-state index in [-0.39, 0.29) is 11.7 Å². The van der Waals surface area contributed by atoms with Crippen molar-refractivity contribution < 1.29 is 13.9 Å². The fourth-order valence-corrected chi connectivity index (χ4v) is 2.83. The Labute approximate surface area is 156 Å². The summed E-state index contributed by atoms with van der Waals surface area (Å²) < 4.78 is 20.5. The van der Waals surface area contributed by atoms with Crippen LogP contribution in [0.15, 0.2) is 61.1 Å². The minimum absolute atomic E-state index is 0.284. The Morgan fingerprint density at radius 2 is 2.04 bits per heavy atom. The third kappa shape index (κ3) is 4.41. The van der Waals surface area contributed by atoms with Crippen LogP contribution in [0.3, 0.4) is 0 Å². The number of carbonyl (C=O) groups excluding carboxylic acids is 1. The third-order valence-corrected chi connectivity index (χ3v) is 4.48. The van der Waals surface area contributed by atoms with Crippen molar-refractivity contribution in [2.75, 3.05) is 11.9 Å². The predicted molar refractivity (Wildman–Crippen MR) is 100 cm³/mol. The highest BCUT2D eigenvalue weighted by Gasteiger charge is 2.21. The van der Waals surface area contributed by atoms with E-state index in [1.165, 1.54) is 37.5 Å². The number of aromatic nitrogens is 2. The lowest BCUT2D eigenvalue weighted by Crippen LogP contribution is -2.16. The van der Waals surface area contributed by atoms with E-state index in [1.807, 2.05) is 24.3 Å². The Bertz CT molecular complexity index is 933. The van der Waals surface area contributed by atoms with Crippen molar-refractivity contribution in [3.8, 4) is 5.69 Å². The molecule has 1 heterocycles. The average molecular weight is 365 g/mol. The number of nitrogens with one attached hydrogen (secondary N) is 1. The highest BCUT2D eigenvalue weighted by atomic mass is 19.1. The van der Waals surface area contributed by atoms with Gasteiger partial charge in [0.25, 0.3) is 5.91 Å². The van der Waals surface area contributed by atoms with Gasteiger partial charge < -0.3 is 10.1 Å². The molecule has 0 radical (unpaired) electrons. The molecule has 1 fully saturated rings. The standard InChI is InChI=1S/C21H20FN3O2/c22-17-6-8-19(9-7-17)25-14-23-11-20(25)21(26)24-18-3-1-2-16(10-18)13-27-12-15-4-5-15/h1-3,6-11,14-15H,4-5,12-13H2,(H,24,26). The highest BCUT2D eigenvalue weighted by molar-refractivity contribution is 6.03. The summed E-state index contributed by atoms with van der Waals surface area (Å²) >= 11 is 0. The summed E-state index contributed by atoms with van der Waals surface area (Å²) in [5.74, 6) is 0.109. The number of amides is 1. The molecule has 1 aliphatic rings. The molecule has 1 aromatic heterocycles. The smallest absolute Gasteiger partial charge is 0.274 e. The van der Waals surface area contributed by atoms with Gasteiger partial charge in [-0.1, -0.05) is 12.1 Å². The molecular weight excluding hydrogens is 345 g/mol. The van der Waals surface area contributed by atoms with Crippen molar-refractivity contribution >= 4 is 11.6 Å². The molecule has 1 N–H and O–H groups in total. The van der Waals surface area contributed by atoms with Crippen LogP contribution in [0, 0.1) is 11.7 Å². The number of imidazole rings is 1. The molecule has 4 rings (SSSR count). The number of halogens is 1. The van der Waals surface area contributed by atoms with Crippen LogP contribution in [0.5, 0.6) is 0 Å². The maximum absolute atomic E-state index is 13.1. The first kappa shape index (κ1) is 17.4. The van der Waals surface area contributed by atoms with Gasteiger partial charge in [-0.15, -0.1) is 0 Å². The zero-order chi connectivity index (χ0) is 18.6. The summed E-state index contributed by atoms with van der Waals surface area (Å²) in [5.41, 5.74) is 2.75. The van der Waals surface area contributed by atoms with Gasteiger partial charge in [0.15, 0.2) is 0 Å². The molecule has 0 aliphatic heterocycles. The molecule has 3 aromatic rings. The van der Waals surface area contributed by atoms with Crippen LogP contribution in [0.25, 0.3) is 5.69 Å². The van der Waals surface area contributed by atoms with Gasteiger partial charge in [-0.2, -0.15) is 0 Å². The Kier molecular flexibility index (Phi) is 4.98. The Morgan fingerprint density at radius 3 is 2.81 bits per heavy atom. The van der Waals surface area contributed by atoms with Crippen LogP contribution in [0.2, 0.25) is 0 Å². The highest BCUT2D eigenvalue weighted by Crippen LogP contribution is 2.29. The number of anilines is 1. The van der Waals surface area contributed by atoms with E-state index < -0.39 is 0 Å². The third-order valence-electron chi connectivity index (χ3n) is 4.48. The number of nitrogens with zero attached hydrogens (tertiary/aromatic N) is 2. The number of carbonyl (C=O) groups is 1. The predicted octanol–water partition coefficient (Wildman–Crippen LogP) is 4.19. The average Bonchev–Trinajstić information content (AvgIpc) is 3.36. The van der Waals surface area contributed by atoms with Crippen LogP contribution >= 0.6 is 0 Å². The molecule has 0 atom stereocenters. The number of hydrogen-bond acceptors (Lipinski definition) is 3. The molecule has 138 valence electrons. The summed E-state index contributed by atoms with van der Waals surface area (Å²) in [6, 6.07) is 13.5. The summed E-state index contributed by atoms with van der Waals surface area (Å²) in [6.45, 7) is 1.33. The summed E-state index contributed by atoms with van der Waals surface area (Å²) in [6.07, 6.45) is 5.54. The lowest BCUT2D eigenvalue weighted by Gasteiger charge is -2.10. The first-order valence-corrected chi connectivity index (χ1v) is 8.95. The van der Waals surface area contributed by atoms with Gasteiger partial charge in [0.1, 0.15) is 11.5 Å². The van der Waals surface area contributed by atoms with Crippen molar-refractivity contribution in [1.29, 1.82) is 0 Å². The van der Waals surface area contributed by atoms with Crippen molar-refractivity contribution in [3.05, 3.63) is 78.1 Å². The van der Waals surface area contributed by atoms with Gasteiger partial charge in [0, 0.05) is 18.0 Å². The molecule has 2 aromatic carbocycles. The molecule has 1 aliphatic carbocycles. The fourth-order valence-electron chi connectivity index (χ4n) is 2.83. The second kappa shape index (κ2) is 7.72. The molecular formula is C21H20FN3O2. The van der Waals surface area contributed by atoms with Crippen LogP contribution in [0.1, 0.15) is 28.9 Å². The number of ether oxygens (including phenoxy) is 1. The van der Waals surface area contributed by atoms with Gasteiger partial charge in [-0.3, -0.25) is 9.36 Å². The van der Waals surface area contributed by atoms with Crippen LogP contribution in [-0.4, -0.2) is 22.1 Å². The molecule has 0 saturated heterocycles. The second-order valence-corrected chi connectivity index (χ2v) is 6.74. The van der Waals surface area contributed by atoms with E-state index in [2.05, 4.69) is 10.3 Å². The second-order valence-electron chi connectivity index (χ2n) is 6.74. The van der Waals surface area contributed by atoms with Crippen LogP contribution < -0.4 is 5.32 Å². The van der Waals surface area contributed by atoms with Crippen LogP contribution in [0.4, 0.5) is 10.1 Å². The van der Waals surface area contributed by atoms with Gasteiger partial charge in [0.2, 0.25) is 0 Å². The number of rotatable bonds is 7. The SMILES string of the molecule is O=C(Nc1cccc(COCC2CC2)c1)c1cncn1-c1ccc(F)cc1. The molecule has 27 heavy (non-hydrogen) atoms. The van der Waals surface area contributed by atoms with Gasteiger partial charge in [0.05, 0.1) is 19.1 Å². The molecule has 6 heteroatoms. The van der Waals surface area contributed by atoms with Crippen molar-refractivity contribution in [2.24, 2.45) is 5.92 Å². The molecule has 5 nitrogen and oxygen atoms in total. The maximum atomic E-state index is 13.1. The molecule has 1 amide bonds. The largest absolute Gasteiger partial charge is 0.376 e. The minimum Gasteiger partial charge on any atom is -0.376 e. The summed E-state index contributed by atoms with van der Waals surface area (Å²) in [4.78, 5) is 16.7. The zero-order valence-electron chi connectivity index (χ0n) is 14.8. The van der Waals surface area contributed by atoms with Gasteiger partial charge in [-0.25, -0.2) is 9.37 Å². The fraction of sp³-hybridized carbons (Fsp3) is 0.238. The zero-order valence-corrected chi connectivity index (χ0v) is 14.8. The molecule has 0 bridgehead atoms. The summed E-state index contributed by atoms with van der Waals surface area (Å²) in [5, 5.41) is 2.89. The maximum Gasteiger partial charge on any atom is 0.274 e. The van der Waals surface area contributed by atoms with E-state index in [4.69, 9.17) is 4.74 Å². The first-order chi connectivity index (χ1) is 13.2. The monoisotopic (exact) mass is 365 g/mol. The number of hydrogen-bond donors (Lipinski definition) is 1. The lowest BCUT2D eigenvalue weighted by molar-refractivity contribution is 0.102. The Morgan fingerprint density at radius 1 is 1.22 bits per heavy atom. The van der Waals surface area contributed by atoms with Gasteiger partial charge >= 0.3 is 0 Å². The Hall–Kier alpha value is -2.99. The van der Waals surface area contributed by atoms with Crippen molar-refractivity contribution in [1.82, 2.24) is 9.55 Å². The van der Waals surface area contributed by atoms with Crippen molar-refractivity contribution in [2.45, 2.75) is 19.4 Å². The van der Waals surface area contributed by atoms with Gasteiger partial charge in [-0.05, 0) is 60.7 Å². The van der Waals surface area contributed by atoms with Crippen LogP contribution in [-0.2, 0) is 11.3 Å². The van der Waals surface area contributed by atoms with E-state index in [0.717, 1.165) is 18.1 Å². The minimum atomic E-state index is -0.328. The van der Waals surface area contributed by atoms with E-state index >= 15 is 0 Å². The van der Waals surface area contributed by atoms with E-state index in [0.29, 0.717) is 23.7 Å². The molecule has 0 unspecified atom stereocenters. The normalized spacial score (nSPS) is 13.5. The topological polar surface area (TPSA) is 56.1 Å². The van der Waals surface area contributed by atoms with E-state index in [1.54, 1.807) is 16.7 Å².